The van der Waals surface area contributed by atoms with Crippen LogP contribution in [0.1, 0.15) is 15.9 Å². The van der Waals surface area contributed by atoms with Crippen molar-refractivity contribution in [3.8, 4) is 0 Å². The highest BCUT2D eigenvalue weighted by atomic mass is 32.2. The van der Waals surface area contributed by atoms with Crippen molar-refractivity contribution in [1.29, 1.82) is 0 Å². The summed E-state index contributed by atoms with van der Waals surface area (Å²) in [7, 11) is 0.331. The monoisotopic (exact) mass is 387 g/mol. The molecule has 0 spiro atoms. The molecule has 0 aromatic heterocycles. The number of amides is 1. The van der Waals surface area contributed by atoms with Gasteiger partial charge in [0.2, 0.25) is 10.0 Å². The first-order valence-electron chi connectivity index (χ1n) is 8.92. The summed E-state index contributed by atoms with van der Waals surface area (Å²) in [5.41, 5.74) is 2.49. The van der Waals surface area contributed by atoms with E-state index in [1.165, 1.54) is 4.31 Å². The van der Waals surface area contributed by atoms with Crippen molar-refractivity contribution in [2.75, 3.05) is 45.2 Å². The van der Waals surface area contributed by atoms with Crippen LogP contribution in [-0.2, 0) is 10.0 Å². The molecule has 0 bridgehead atoms. The number of hydrogen-bond acceptors (Lipinski definition) is 4. The molecule has 0 radical (unpaired) electrons. The second kappa shape index (κ2) is 7.70. The summed E-state index contributed by atoms with van der Waals surface area (Å²) in [5.74, 6) is -0.0636. The number of sulfonamides is 1. The first-order valence-corrected chi connectivity index (χ1v) is 10.4. The molecule has 1 amide bonds. The van der Waals surface area contributed by atoms with E-state index in [0.717, 1.165) is 11.3 Å². The van der Waals surface area contributed by atoms with E-state index < -0.39 is 10.0 Å². The fourth-order valence-corrected chi connectivity index (χ4v) is 4.68. The Kier molecular flexibility index (Phi) is 5.53. The van der Waals surface area contributed by atoms with Gasteiger partial charge >= 0.3 is 0 Å². The SMILES string of the molecule is Cc1cccc(S(=O)(=O)N2CCN(C(=O)c3cccc(N(C)C)c3)CC2)c1. The summed E-state index contributed by atoms with van der Waals surface area (Å²) in [6.07, 6.45) is 0. The van der Waals surface area contributed by atoms with Crippen molar-refractivity contribution in [2.45, 2.75) is 11.8 Å². The van der Waals surface area contributed by atoms with Crippen LogP contribution in [0.3, 0.4) is 0 Å². The Balaban J connectivity index is 1.70. The highest BCUT2D eigenvalue weighted by Gasteiger charge is 2.30. The lowest BCUT2D eigenvalue weighted by molar-refractivity contribution is 0.0698. The van der Waals surface area contributed by atoms with Crippen LogP contribution in [-0.4, -0.2) is 63.8 Å². The average molecular weight is 388 g/mol. The normalized spacial score (nSPS) is 15.6. The molecule has 0 N–H and O–H groups in total. The molecule has 1 aliphatic heterocycles. The third-order valence-electron chi connectivity index (χ3n) is 4.76. The Bertz CT molecular complexity index is 933. The molecule has 3 rings (SSSR count). The zero-order valence-corrected chi connectivity index (χ0v) is 16.7. The molecule has 1 aliphatic rings. The summed E-state index contributed by atoms with van der Waals surface area (Å²) in [6, 6.07) is 14.4. The molecule has 2 aromatic rings. The molecule has 0 unspecified atom stereocenters. The predicted octanol–water partition coefficient (Wildman–Crippen LogP) is 2.21. The molecule has 27 heavy (non-hydrogen) atoms. The molecule has 0 atom stereocenters. The van der Waals surface area contributed by atoms with E-state index >= 15 is 0 Å². The van der Waals surface area contributed by atoms with E-state index in [2.05, 4.69) is 0 Å². The summed E-state index contributed by atoms with van der Waals surface area (Å²) in [6.45, 7) is 3.24. The molecule has 6 nitrogen and oxygen atoms in total. The van der Waals surface area contributed by atoms with Crippen LogP contribution in [0.4, 0.5) is 5.69 Å². The quantitative estimate of drug-likeness (QED) is 0.807. The van der Waals surface area contributed by atoms with Gasteiger partial charge in [0.15, 0.2) is 0 Å². The van der Waals surface area contributed by atoms with Gasteiger partial charge in [-0.1, -0.05) is 18.2 Å². The molecule has 0 aliphatic carbocycles. The highest BCUT2D eigenvalue weighted by Crippen LogP contribution is 2.20. The number of piperazine rings is 1. The topological polar surface area (TPSA) is 60.9 Å². The number of nitrogens with zero attached hydrogens (tertiary/aromatic N) is 3. The average Bonchev–Trinajstić information content (AvgIpc) is 2.67. The summed E-state index contributed by atoms with van der Waals surface area (Å²) < 4.78 is 27.1. The van der Waals surface area contributed by atoms with Crippen molar-refractivity contribution in [2.24, 2.45) is 0 Å². The minimum absolute atomic E-state index is 0.0636. The van der Waals surface area contributed by atoms with E-state index in [4.69, 9.17) is 0 Å². The Labute approximate surface area is 161 Å². The fourth-order valence-electron chi connectivity index (χ4n) is 3.16. The lowest BCUT2D eigenvalue weighted by Crippen LogP contribution is -2.50. The molecule has 1 heterocycles. The maximum Gasteiger partial charge on any atom is 0.254 e. The number of aryl methyl sites for hydroxylation is 1. The van der Waals surface area contributed by atoms with Gasteiger partial charge in [-0.05, 0) is 42.8 Å². The minimum Gasteiger partial charge on any atom is -0.378 e. The largest absolute Gasteiger partial charge is 0.378 e. The first-order chi connectivity index (χ1) is 12.8. The van der Waals surface area contributed by atoms with Crippen molar-refractivity contribution in [1.82, 2.24) is 9.21 Å². The number of carbonyl (C=O) groups is 1. The molecule has 7 heteroatoms. The fraction of sp³-hybridized carbons (Fsp3) is 0.350. The minimum atomic E-state index is -3.53. The standard InChI is InChI=1S/C20H25N3O3S/c1-16-6-4-9-19(14-16)27(25,26)23-12-10-22(11-13-23)20(24)17-7-5-8-18(15-17)21(2)3/h4-9,14-15H,10-13H2,1-3H3. The molecular weight excluding hydrogens is 362 g/mol. The van der Waals surface area contributed by atoms with Gasteiger partial charge in [-0.2, -0.15) is 4.31 Å². The van der Waals surface area contributed by atoms with E-state index in [-0.39, 0.29) is 5.91 Å². The number of benzene rings is 2. The second-order valence-corrected chi connectivity index (χ2v) is 8.90. The molecule has 144 valence electrons. The van der Waals surface area contributed by atoms with E-state index in [0.29, 0.717) is 36.6 Å². The van der Waals surface area contributed by atoms with Crippen molar-refractivity contribution < 1.29 is 13.2 Å². The molecule has 0 saturated carbocycles. The van der Waals surface area contributed by atoms with Gasteiger partial charge in [0, 0.05) is 51.5 Å². The summed E-state index contributed by atoms with van der Waals surface area (Å²) in [5, 5.41) is 0. The maximum absolute atomic E-state index is 12.8. The van der Waals surface area contributed by atoms with E-state index in [1.54, 1.807) is 29.2 Å². The Morgan fingerprint density at radius 3 is 2.26 bits per heavy atom. The zero-order valence-electron chi connectivity index (χ0n) is 15.9. The first kappa shape index (κ1) is 19.4. The molecule has 1 fully saturated rings. The van der Waals surface area contributed by atoms with Crippen molar-refractivity contribution in [3.05, 3.63) is 59.7 Å². The third kappa shape index (κ3) is 4.14. The Morgan fingerprint density at radius 1 is 0.963 bits per heavy atom. The van der Waals surface area contributed by atoms with Crippen molar-refractivity contribution >= 4 is 21.6 Å². The van der Waals surface area contributed by atoms with Gasteiger partial charge in [0.1, 0.15) is 0 Å². The van der Waals surface area contributed by atoms with Crippen LogP contribution in [0.2, 0.25) is 0 Å². The van der Waals surface area contributed by atoms with Crippen molar-refractivity contribution in [3.63, 3.8) is 0 Å². The van der Waals surface area contributed by atoms with E-state index in [9.17, 15) is 13.2 Å². The summed E-state index contributed by atoms with van der Waals surface area (Å²) >= 11 is 0. The lowest BCUT2D eigenvalue weighted by atomic mass is 10.1. The van der Waals surface area contributed by atoms with Gasteiger partial charge in [-0.25, -0.2) is 8.42 Å². The number of anilines is 1. The van der Waals surface area contributed by atoms with Crippen LogP contribution in [0, 0.1) is 6.92 Å². The van der Waals surface area contributed by atoms with Crippen LogP contribution < -0.4 is 4.90 Å². The van der Waals surface area contributed by atoms with Gasteiger partial charge in [0.25, 0.3) is 5.91 Å². The Hall–Kier alpha value is -2.38. The number of carbonyl (C=O) groups excluding carboxylic acids is 1. The van der Waals surface area contributed by atoms with Gasteiger partial charge in [0.05, 0.1) is 4.90 Å². The smallest absolute Gasteiger partial charge is 0.254 e. The number of rotatable bonds is 4. The maximum atomic E-state index is 12.8. The number of hydrogen-bond donors (Lipinski definition) is 0. The summed E-state index contributed by atoms with van der Waals surface area (Å²) in [4.78, 5) is 16.8. The van der Waals surface area contributed by atoms with Crippen LogP contribution in [0.25, 0.3) is 0 Å². The second-order valence-electron chi connectivity index (χ2n) is 6.96. The molecule has 1 saturated heterocycles. The van der Waals surface area contributed by atoms with Gasteiger partial charge in [-0.15, -0.1) is 0 Å². The third-order valence-corrected chi connectivity index (χ3v) is 6.66. The van der Waals surface area contributed by atoms with Crippen LogP contribution in [0.5, 0.6) is 0 Å². The van der Waals surface area contributed by atoms with Crippen LogP contribution >= 0.6 is 0 Å². The van der Waals surface area contributed by atoms with Gasteiger partial charge < -0.3 is 9.80 Å². The molecule has 2 aromatic carbocycles. The highest BCUT2D eigenvalue weighted by molar-refractivity contribution is 7.89. The Morgan fingerprint density at radius 2 is 1.63 bits per heavy atom. The van der Waals surface area contributed by atoms with Gasteiger partial charge in [-0.3, -0.25) is 4.79 Å². The zero-order chi connectivity index (χ0) is 19.6. The molecular formula is C20H25N3O3S. The lowest BCUT2D eigenvalue weighted by Gasteiger charge is -2.34. The predicted molar refractivity (Wildman–Crippen MR) is 107 cm³/mol. The van der Waals surface area contributed by atoms with Crippen LogP contribution in [0.15, 0.2) is 53.4 Å². The van der Waals surface area contributed by atoms with E-state index in [1.807, 2.05) is 50.2 Å².